The Morgan fingerprint density at radius 1 is 1.00 bits per heavy atom. The number of hydrogen-bond donors (Lipinski definition) is 1. The van der Waals surface area contributed by atoms with Gasteiger partial charge in [0.1, 0.15) is 6.10 Å². The third kappa shape index (κ3) is 3.50. The second-order valence-electron chi connectivity index (χ2n) is 6.35. The Hall–Kier alpha value is -2.99. The van der Waals surface area contributed by atoms with Gasteiger partial charge < -0.3 is 14.5 Å². The Morgan fingerprint density at radius 3 is 2.19 bits per heavy atom. The zero-order valence-corrected chi connectivity index (χ0v) is 14.4. The Morgan fingerprint density at radius 2 is 1.62 bits per heavy atom. The molecule has 26 heavy (non-hydrogen) atoms. The maximum Gasteiger partial charge on any atom is 0.253 e. The van der Waals surface area contributed by atoms with Gasteiger partial charge in [0.2, 0.25) is 11.8 Å². The number of hydrogen-bond acceptors (Lipinski definition) is 5. The van der Waals surface area contributed by atoms with E-state index in [2.05, 4.69) is 15.5 Å². The molecule has 1 unspecified atom stereocenters. The van der Waals surface area contributed by atoms with Crippen LogP contribution in [0.5, 0.6) is 0 Å². The van der Waals surface area contributed by atoms with Crippen molar-refractivity contribution in [3.8, 4) is 22.9 Å². The summed E-state index contributed by atoms with van der Waals surface area (Å²) >= 11 is 0. The highest BCUT2D eigenvalue weighted by Crippen LogP contribution is 2.25. The molecule has 0 saturated carbocycles. The van der Waals surface area contributed by atoms with Crippen LogP contribution in [0.25, 0.3) is 22.9 Å². The van der Waals surface area contributed by atoms with E-state index >= 15 is 0 Å². The first-order valence-corrected chi connectivity index (χ1v) is 8.62. The summed E-state index contributed by atoms with van der Waals surface area (Å²) < 4.78 is 11.2. The summed E-state index contributed by atoms with van der Waals surface area (Å²) in [5, 5.41) is 11.1. The first-order chi connectivity index (χ1) is 12.7. The molecule has 6 nitrogen and oxygen atoms in total. The first kappa shape index (κ1) is 16.5. The molecule has 0 bridgehead atoms. The lowest BCUT2D eigenvalue weighted by atomic mass is 10.1. The molecule has 0 spiro atoms. The summed E-state index contributed by atoms with van der Waals surface area (Å²) in [7, 11) is 0. The van der Waals surface area contributed by atoms with Crippen LogP contribution < -0.4 is 5.32 Å². The molecule has 132 valence electrons. The maximum atomic E-state index is 12.1. The molecule has 1 aliphatic heterocycles. The zero-order valence-electron chi connectivity index (χ0n) is 14.4. The lowest BCUT2D eigenvalue weighted by Gasteiger charge is -2.10. The topological polar surface area (TPSA) is 77.2 Å². The van der Waals surface area contributed by atoms with E-state index in [0.717, 1.165) is 24.0 Å². The molecule has 4 rings (SSSR count). The molecule has 1 atom stereocenters. The molecule has 1 saturated heterocycles. The van der Waals surface area contributed by atoms with E-state index in [1.165, 1.54) is 5.56 Å². The van der Waals surface area contributed by atoms with Crippen LogP contribution in [0.15, 0.2) is 52.9 Å². The fourth-order valence-corrected chi connectivity index (χ4v) is 2.86. The van der Waals surface area contributed by atoms with Crippen molar-refractivity contribution in [1.82, 2.24) is 10.2 Å². The molecular weight excluding hydrogens is 330 g/mol. The third-order valence-corrected chi connectivity index (χ3v) is 4.35. The van der Waals surface area contributed by atoms with Gasteiger partial charge in [-0.1, -0.05) is 17.7 Å². The Bertz CT molecular complexity index is 895. The largest absolute Gasteiger partial charge is 0.416 e. The van der Waals surface area contributed by atoms with Crippen LogP contribution in [0, 0.1) is 6.92 Å². The van der Waals surface area contributed by atoms with Crippen LogP contribution in [-0.2, 0) is 9.53 Å². The highest BCUT2D eigenvalue weighted by atomic mass is 16.5. The van der Waals surface area contributed by atoms with Crippen molar-refractivity contribution < 1.29 is 13.9 Å². The Labute approximate surface area is 151 Å². The van der Waals surface area contributed by atoms with Gasteiger partial charge in [0.05, 0.1) is 0 Å². The molecule has 3 aromatic rings. The summed E-state index contributed by atoms with van der Waals surface area (Å²) in [5.74, 6) is 0.822. The number of carbonyl (C=O) groups excluding carboxylic acids is 1. The molecule has 1 N–H and O–H groups in total. The van der Waals surface area contributed by atoms with Crippen LogP contribution in [0.1, 0.15) is 18.4 Å². The number of carbonyl (C=O) groups is 1. The summed E-state index contributed by atoms with van der Waals surface area (Å²) in [6, 6.07) is 15.2. The summed E-state index contributed by atoms with van der Waals surface area (Å²) in [6.45, 7) is 2.68. The van der Waals surface area contributed by atoms with Gasteiger partial charge in [0.25, 0.3) is 5.91 Å². The van der Waals surface area contributed by atoms with Crippen LogP contribution in [0.4, 0.5) is 5.69 Å². The van der Waals surface area contributed by atoms with Gasteiger partial charge in [-0.3, -0.25) is 4.79 Å². The lowest BCUT2D eigenvalue weighted by Crippen LogP contribution is -2.26. The van der Waals surface area contributed by atoms with Gasteiger partial charge in [0.15, 0.2) is 0 Å². The second kappa shape index (κ2) is 7.09. The van der Waals surface area contributed by atoms with Gasteiger partial charge >= 0.3 is 0 Å². The molecule has 1 aliphatic rings. The number of benzene rings is 2. The van der Waals surface area contributed by atoms with Gasteiger partial charge in [-0.15, -0.1) is 10.2 Å². The monoisotopic (exact) mass is 349 g/mol. The van der Waals surface area contributed by atoms with E-state index in [1.54, 1.807) is 0 Å². The predicted octanol–water partition coefficient (Wildman–Crippen LogP) is 3.83. The number of anilines is 1. The van der Waals surface area contributed by atoms with Crippen molar-refractivity contribution in [2.75, 3.05) is 11.9 Å². The molecule has 2 heterocycles. The normalized spacial score (nSPS) is 16.6. The molecule has 1 amide bonds. The van der Waals surface area contributed by atoms with Gasteiger partial charge in [-0.25, -0.2) is 0 Å². The number of rotatable bonds is 4. The second-order valence-corrected chi connectivity index (χ2v) is 6.35. The van der Waals surface area contributed by atoms with E-state index in [-0.39, 0.29) is 12.0 Å². The molecule has 1 aromatic heterocycles. The predicted molar refractivity (Wildman–Crippen MR) is 97.5 cm³/mol. The average Bonchev–Trinajstić information content (AvgIpc) is 3.35. The summed E-state index contributed by atoms with van der Waals surface area (Å²) in [5.41, 5.74) is 3.57. The molecule has 6 heteroatoms. The molecule has 0 aliphatic carbocycles. The zero-order chi connectivity index (χ0) is 17.9. The number of aryl methyl sites for hydroxylation is 1. The fourth-order valence-electron chi connectivity index (χ4n) is 2.86. The number of nitrogens with one attached hydrogen (secondary N) is 1. The van der Waals surface area contributed by atoms with Crippen molar-refractivity contribution in [3.05, 3.63) is 54.1 Å². The Kier molecular flexibility index (Phi) is 4.50. The maximum absolute atomic E-state index is 12.1. The minimum absolute atomic E-state index is 0.102. The highest BCUT2D eigenvalue weighted by Gasteiger charge is 2.23. The van der Waals surface area contributed by atoms with Crippen molar-refractivity contribution >= 4 is 11.6 Å². The van der Waals surface area contributed by atoms with Crippen LogP contribution in [-0.4, -0.2) is 28.8 Å². The quantitative estimate of drug-likeness (QED) is 0.774. The van der Waals surface area contributed by atoms with E-state index in [4.69, 9.17) is 9.15 Å². The SMILES string of the molecule is Cc1ccc(-c2nnc(-c3ccc(NC(=O)C4CCCO4)cc3)o2)cc1. The smallest absolute Gasteiger partial charge is 0.253 e. The van der Waals surface area contributed by atoms with E-state index in [9.17, 15) is 4.79 Å². The van der Waals surface area contributed by atoms with E-state index < -0.39 is 0 Å². The third-order valence-electron chi connectivity index (χ3n) is 4.35. The fraction of sp³-hybridized carbons (Fsp3) is 0.250. The molecule has 0 radical (unpaired) electrons. The van der Waals surface area contributed by atoms with Crippen molar-refractivity contribution in [2.45, 2.75) is 25.9 Å². The Balaban J connectivity index is 1.47. The summed E-state index contributed by atoms with van der Waals surface area (Å²) in [6.07, 6.45) is 1.35. The number of ether oxygens (including phenoxy) is 1. The van der Waals surface area contributed by atoms with Crippen molar-refractivity contribution in [1.29, 1.82) is 0 Å². The first-order valence-electron chi connectivity index (χ1n) is 8.62. The molecule has 1 fully saturated rings. The summed E-state index contributed by atoms with van der Waals surface area (Å²) in [4.78, 5) is 12.1. The minimum atomic E-state index is -0.345. The van der Waals surface area contributed by atoms with E-state index in [0.29, 0.717) is 24.1 Å². The van der Waals surface area contributed by atoms with E-state index in [1.807, 2.05) is 55.5 Å². The number of amides is 1. The van der Waals surface area contributed by atoms with Crippen LogP contribution in [0.3, 0.4) is 0 Å². The van der Waals surface area contributed by atoms with Crippen molar-refractivity contribution in [3.63, 3.8) is 0 Å². The highest BCUT2D eigenvalue weighted by molar-refractivity contribution is 5.94. The lowest BCUT2D eigenvalue weighted by molar-refractivity contribution is -0.124. The average molecular weight is 349 g/mol. The number of aromatic nitrogens is 2. The molecule has 2 aromatic carbocycles. The van der Waals surface area contributed by atoms with Crippen molar-refractivity contribution in [2.24, 2.45) is 0 Å². The van der Waals surface area contributed by atoms with Gasteiger partial charge in [0, 0.05) is 23.4 Å². The van der Waals surface area contributed by atoms with Gasteiger partial charge in [-0.2, -0.15) is 0 Å². The van der Waals surface area contributed by atoms with Crippen LogP contribution >= 0.6 is 0 Å². The standard InChI is InChI=1S/C20H19N3O3/c1-13-4-6-14(7-5-13)19-22-23-20(26-19)15-8-10-16(11-9-15)21-18(24)17-3-2-12-25-17/h4-11,17H,2-3,12H2,1H3,(H,21,24). The van der Waals surface area contributed by atoms with Gasteiger partial charge in [-0.05, 0) is 56.2 Å². The van der Waals surface area contributed by atoms with Crippen LogP contribution in [0.2, 0.25) is 0 Å². The number of nitrogens with zero attached hydrogens (tertiary/aromatic N) is 2. The molecular formula is C20H19N3O3. The minimum Gasteiger partial charge on any atom is -0.416 e.